The van der Waals surface area contributed by atoms with Crippen molar-refractivity contribution in [2.24, 2.45) is 5.92 Å². The maximum Gasteiger partial charge on any atom is 0.410 e. The van der Waals surface area contributed by atoms with E-state index in [0.717, 1.165) is 9.80 Å². The minimum absolute atomic E-state index is 0.0600. The molecule has 0 radical (unpaired) electrons. The van der Waals surface area contributed by atoms with E-state index in [0.29, 0.717) is 49.7 Å². The summed E-state index contributed by atoms with van der Waals surface area (Å²) >= 11 is 0. The number of halogens is 3. The Morgan fingerprint density at radius 3 is 2.51 bits per heavy atom. The summed E-state index contributed by atoms with van der Waals surface area (Å²) in [6.07, 6.45) is 4.33. The van der Waals surface area contributed by atoms with E-state index in [1.165, 1.54) is 17.0 Å². The Morgan fingerprint density at radius 1 is 1.00 bits per heavy atom. The van der Waals surface area contributed by atoms with E-state index in [1.54, 1.807) is 12.1 Å². The number of hydrogen-bond acceptors (Lipinski definition) is 11. The molecule has 4 fully saturated rings. The fourth-order valence-electron chi connectivity index (χ4n) is 8.49. The zero-order chi connectivity index (χ0) is 40.4. The minimum Gasteiger partial charge on any atom is -0.444 e. The van der Waals surface area contributed by atoms with Crippen LogP contribution in [-0.4, -0.2) is 96.6 Å². The number of nitrogens with one attached hydrogen (secondary N) is 3. The molecule has 2 saturated carbocycles. The topological polar surface area (TPSA) is 192 Å². The third-order valence-corrected chi connectivity index (χ3v) is 13.8. The number of nitrogens with zero attached hydrogens (tertiary/aromatic N) is 3. The van der Waals surface area contributed by atoms with Crippen LogP contribution in [0.25, 0.3) is 0 Å². The van der Waals surface area contributed by atoms with Crippen molar-refractivity contribution in [3.63, 3.8) is 0 Å². The van der Waals surface area contributed by atoms with Crippen LogP contribution in [0.2, 0.25) is 0 Å². The molecule has 8 rings (SSSR count). The van der Waals surface area contributed by atoms with Crippen LogP contribution < -0.4 is 31.1 Å². The second-order valence-electron chi connectivity index (χ2n) is 16.1. The molecular formula is C38H43F3N6O9S. The van der Waals surface area contributed by atoms with Crippen molar-refractivity contribution < 1.29 is 45.5 Å². The first-order chi connectivity index (χ1) is 27.1. The van der Waals surface area contributed by atoms with E-state index in [4.69, 9.17) is 4.74 Å². The van der Waals surface area contributed by atoms with E-state index >= 15 is 0 Å². The van der Waals surface area contributed by atoms with Crippen molar-refractivity contribution in [1.29, 1.82) is 0 Å². The van der Waals surface area contributed by atoms with Crippen LogP contribution in [0, 0.1) is 11.7 Å². The van der Waals surface area contributed by atoms with Gasteiger partial charge in [0.15, 0.2) is 0 Å². The van der Waals surface area contributed by atoms with Crippen molar-refractivity contribution in [3.05, 3.63) is 67.7 Å². The molecule has 2 saturated heterocycles. The quantitative estimate of drug-likeness (QED) is 0.274. The zero-order valence-corrected chi connectivity index (χ0v) is 31.8. The summed E-state index contributed by atoms with van der Waals surface area (Å²) in [5.41, 5.74) is -3.11. The number of ether oxygens (including phenoxy) is 1. The van der Waals surface area contributed by atoms with E-state index in [2.05, 4.69) is 15.4 Å². The smallest absolute Gasteiger partial charge is 0.410 e. The Kier molecular flexibility index (Phi) is 9.87. The normalized spacial score (nSPS) is 29.4. The molecule has 2 aliphatic carbocycles. The van der Waals surface area contributed by atoms with Crippen LogP contribution in [0.5, 0.6) is 0 Å². The number of allylic oxidation sites excluding steroid dienone is 1. The molecule has 4 amide bonds. The Labute approximate surface area is 325 Å². The van der Waals surface area contributed by atoms with Gasteiger partial charge in [0.05, 0.1) is 24.9 Å². The zero-order valence-electron chi connectivity index (χ0n) is 30.9. The molecule has 2 aromatic rings. The van der Waals surface area contributed by atoms with Gasteiger partial charge in [0.25, 0.3) is 22.7 Å². The van der Waals surface area contributed by atoms with Gasteiger partial charge < -0.3 is 25.2 Å². The van der Waals surface area contributed by atoms with Gasteiger partial charge in [-0.15, -0.1) is 0 Å². The number of anilines is 2. The second-order valence-corrected chi connectivity index (χ2v) is 18.1. The number of sulfonamides is 1. The summed E-state index contributed by atoms with van der Waals surface area (Å²) < 4.78 is 76.4. The van der Waals surface area contributed by atoms with Crippen LogP contribution in [0.15, 0.2) is 39.9 Å². The van der Waals surface area contributed by atoms with Crippen molar-refractivity contribution in [2.75, 3.05) is 29.9 Å². The fourth-order valence-corrected chi connectivity index (χ4v) is 9.85. The van der Waals surface area contributed by atoms with Gasteiger partial charge in [-0.05, 0) is 50.2 Å². The molecule has 6 aliphatic rings. The molecule has 3 N–H and O–H groups in total. The minimum atomic E-state index is -3.99. The third-order valence-electron chi connectivity index (χ3n) is 12.0. The van der Waals surface area contributed by atoms with E-state index < -0.39 is 104 Å². The number of alkyl halides is 2. The second kappa shape index (κ2) is 14.5. The molecule has 4 heterocycles. The summed E-state index contributed by atoms with van der Waals surface area (Å²) in [6.45, 7) is -1.23. The molecule has 0 unspecified atom stereocenters. The standard InChI is InChI=1S/C38H43F3N6O9S/c39-26-9-6-7-21-17-46(19-25(21)26)36(53)56-23-15-28-33(50)43-38(35(52)44-57(54,55)24-11-12-24)16-22(38)8-4-2-1-3-5-10-27(34(51)47(28)18-23)42-29-30(32(49)31(29)48)45-14-13-37(40,41)20-45/h4,6-9,22-24,27-28,42H,1-3,5,10-20H2,(H,43,50)(H,44,52)/b8-4-/t22-,23-,27+,28+,38-/m1/s1. The maximum absolute atomic E-state index is 14.6. The summed E-state index contributed by atoms with van der Waals surface area (Å²) in [4.78, 5) is 85.2. The highest BCUT2D eigenvalue weighted by molar-refractivity contribution is 7.91. The van der Waals surface area contributed by atoms with Crippen molar-refractivity contribution in [1.82, 2.24) is 19.8 Å². The molecule has 0 spiro atoms. The lowest BCUT2D eigenvalue weighted by Crippen LogP contribution is -2.58. The molecule has 5 atom stereocenters. The molecule has 19 heteroatoms. The average Bonchev–Trinajstić information content (AvgIpc) is 4.00. The summed E-state index contributed by atoms with van der Waals surface area (Å²) in [5, 5.41) is 4.90. The lowest BCUT2D eigenvalue weighted by Gasteiger charge is -2.31. The first kappa shape index (κ1) is 38.9. The van der Waals surface area contributed by atoms with Crippen molar-refractivity contribution in [3.8, 4) is 0 Å². The van der Waals surface area contributed by atoms with E-state index in [1.807, 2.05) is 6.08 Å². The Morgan fingerprint density at radius 2 is 1.79 bits per heavy atom. The van der Waals surface area contributed by atoms with Crippen LogP contribution >= 0.6 is 0 Å². The molecule has 0 aromatic heterocycles. The van der Waals surface area contributed by atoms with Gasteiger partial charge in [-0.3, -0.25) is 33.6 Å². The first-order valence-electron chi connectivity index (χ1n) is 19.4. The Hall–Kier alpha value is -4.94. The van der Waals surface area contributed by atoms with E-state index in [9.17, 15) is 50.4 Å². The molecular weight excluding hydrogens is 774 g/mol. The number of carbonyl (C=O) groups is 4. The van der Waals surface area contributed by atoms with Gasteiger partial charge in [0, 0.05) is 37.4 Å². The SMILES string of the molecule is O=C1N[C@]2(C(=O)NS(=O)(=O)C3CC3)C[C@H]2/C=C\CCCCC[C@H](Nc2c(N3CCC(F)(F)C3)c(=O)c2=O)C(=O)N2C[C@H](OC(=O)N3Cc4cccc(F)c4C3)C[C@@H]12. The largest absolute Gasteiger partial charge is 0.444 e. The molecule has 15 nitrogen and oxygen atoms in total. The van der Waals surface area contributed by atoms with Gasteiger partial charge in [0.1, 0.15) is 40.9 Å². The summed E-state index contributed by atoms with van der Waals surface area (Å²) in [6, 6.07) is 1.93. The van der Waals surface area contributed by atoms with Gasteiger partial charge >= 0.3 is 6.09 Å². The molecule has 0 bridgehead atoms. The third kappa shape index (κ3) is 7.49. The lowest BCUT2D eigenvalue weighted by molar-refractivity contribution is -0.140. The van der Waals surface area contributed by atoms with Crippen molar-refractivity contribution in [2.45, 2.75) is 112 Å². The maximum atomic E-state index is 14.6. The van der Waals surface area contributed by atoms with E-state index in [-0.39, 0.29) is 56.8 Å². The average molecular weight is 817 g/mol. The molecule has 2 aromatic carbocycles. The van der Waals surface area contributed by atoms with Crippen LogP contribution in [0.4, 0.5) is 29.3 Å². The first-order valence-corrected chi connectivity index (χ1v) is 20.9. The molecule has 306 valence electrons. The van der Waals surface area contributed by atoms with Crippen LogP contribution in [0.3, 0.4) is 0 Å². The Bertz CT molecular complexity index is 2220. The highest BCUT2D eigenvalue weighted by Gasteiger charge is 2.62. The summed E-state index contributed by atoms with van der Waals surface area (Å²) in [5.74, 6) is -6.51. The highest BCUT2D eigenvalue weighted by Crippen LogP contribution is 2.46. The van der Waals surface area contributed by atoms with Gasteiger partial charge in [0.2, 0.25) is 21.8 Å². The molecule has 57 heavy (non-hydrogen) atoms. The number of benzene rings is 1. The Balaban J connectivity index is 1.07. The fraction of sp³-hybridized carbons (Fsp3) is 0.579. The number of hydrogen-bond donors (Lipinski definition) is 3. The lowest BCUT2D eigenvalue weighted by atomic mass is 10.0. The van der Waals surface area contributed by atoms with Crippen LogP contribution in [-0.2, 0) is 42.2 Å². The van der Waals surface area contributed by atoms with Gasteiger partial charge in [-0.1, -0.05) is 37.1 Å². The predicted molar refractivity (Wildman–Crippen MR) is 198 cm³/mol. The number of carbonyl (C=O) groups excluding carboxylic acids is 4. The number of amides is 4. The number of fused-ring (bicyclic) bond motifs is 3. The van der Waals surface area contributed by atoms with Crippen LogP contribution in [0.1, 0.15) is 75.3 Å². The monoisotopic (exact) mass is 816 g/mol. The summed E-state index contributed by atoms with van der Waals surface area (Å²) in [7, 11) is -3.99. The van der Waals surface area contributed by atoms with Crippen molar-refractivity contribution >= 4 is 45.2 Å². The highest BCUT2D eigenvalue weighted by atomic mass is 32.2. The van der Waals surface area contributed by atoms with Gasteiger partial charge in [-0.25, -0.2) is 26.4 Å². The molecule has 4 aliphatic heterocycles. The predicted octanol–water partition coefficient (Wildman–Crippen LogP) is 2.17. The number of rotatable bonds is 7. The van der Waals surface area contributed by atoms with Gasteiger partial charge in [-0.2, -0.15) is 0 Å².